The number of aliphatic hydroxyl groups is 1. The monoisotopic (exact) mass is 465 g/mol. The maximum atomic E-state index is 13.1. The van der Waals surface area contributed by atoms with E-state index in [2.05, 4.69) is 15.3 Å². The number of hydrogen-bond acceptors (Lipinski definition) is 6. The van der Waals surface area contributed by atoms with E-state index >= 15 is 0 Å². The van der Waals surface area contributed by atoms with Gasteiger partial charge in [0.15, 0.2) is 5.76 Å². The van der Waals surface area contributed by atoms with Gasteiger partial charge in [-0.15, -0.1) is 0 Å². The minimum absolute atomic E-state index is 0.0487. The number of methoxy groups -OCH3 is 1. The van der Waals surface area contributed by atoms with Crippen molar-refractivity contribution >= 4 is 16.9 Å². The highest BCUT2D eigenvalue weighted by Gasteiger charge is 2.37. The molecule has 3 atom stereocenters. The van der Waals surface area contributed by atoms with E-state index < -0.39 is 6.29 Å². The molecule has 8 nitrogen and oxygen atoms in total. The number of amides is 1. The van der Waals surface area contributed by atoms with Crippen LogP contribution in [0.1, 0.15) is 37.1 Å². The van der Waals surface area contributed by atoms with Crippen LogP contribution in [-0.4, -0.2) is 47.6 Å². The fourth-order valence-corrected chi connectivity index (χ4v) is 4.31. The number of H-pyrrole nitrogens is 1. The van der Waals surface area contributed by atoms with E-state index in [9.17, 15) is 9.90 Å². The largest absolute Gasteiger partial charge is 0.497 e. The van der Waals surface area contributed by atoms with Crippen molar-refractivity contribution in [3.63, 3.8) is 0 Å². The third kappa shape index (κ3) is 5.40. The maximum absolute atomic E-state index is 13.1. The van der Waals surface area contributed by atoms with Gasteiger partial charge in [0.2, 0.25) is 6.29 Å². The van der Waals surface area contributed by atoms with Crippen LogP contribution in [0.25, 0.3) is 11.0 Å². The normalized spacial score (nSPS) is 20.0. The number of rotatable bonds is 10. The summed E-state index contributed by atoms with van der Waals surface area (Å²) >= 11 is 0. The molecule has 2 aromatic carbocycles. The number of nitrogens with zero attached hydrogens (tertiary/aromatic N) is 1. The topological polar surface area (TPSA) is 106 Å². The average molecular weight is 466 g/mol. The van der Waals surface area contributed by atoms with Crippen LogP contribution < -0.4 is 10.1 Å². The molecule has 1 aliphatic rings. The van der Waals surface area contributed by atoms with Crippen molar-refractivity contribution in [1.29, 1.82) is 0 Å². The van der Waals surface area contributed by atoms with E-state index in [4.69, 9.17) is 14.2 Å². The molecule has 0 radical (unpaired) electrons. The van der Waals surface area contributed by atoms with E-state index in [1.54, 1.807) is 7.11 Å². The van der Waals surface area contributed by atoms with Gasteiger partial charge in [-0.2, -0.15) is 0 Å². The summed E-state index contributed by atoms with van der Waals surface area (Å²) < 4.78 is 17.2. The van der Waals surface area contributed by atoms with E-state index in [1.807, 2.05) is 61.5 Å². The van der Waals surface area contributed by atoms with Crippen LogP contribution in [0, 0.1) is 5.92 Å². The molecule has 1 aliphatic heterocycles. The Bertz CT molecular complexity index is 1090. The molecule has 0 spiro atoms. The molecule has 3 N–H and O–H groups in total. The Morgan fingerprint density at radius 1 is 1.21 bits per heavy atom. The van der Waals surface area contributed by atoms with Crippen molar-refractivity contribution in [3.05, 3.63) is 71.8 Å². The number of nitrogens with one attached hydrogen (secondary N) is 2. The summed E-state index contributed by atoms with van der Waals surface area (Å²) in [6.45, 7) is 2.67. The highest BCUT2D eigenvalue weighted by molar-refractivity contribution is 5.91. The van der Waals surface area contributed by atoms with Gasteiger partial charge in [-0.1, -0.05) is 24.3 Å². The van der Waals surface area contributed by atoms with Gasteiger partial charge in [0.05, 0.1) is 24.7 Å². The number of aromatic nitrogens is 2. The highest BCUT2D eigenvalue weighted by atomic mass is 16.7. The summed E-state index contributed by atoms with van der Waals surface area (Å²) in [4.78, 5) is 20.8. The molecule has 180 valence electrons. The molecule has 1 amide bonds. The van der Waals surface area contributed by atoms with Crippen molar-refractivity contribution in [2.45, 2.75) is 38.5 Å². The molecule has 3 aromatic rings. The Hall–Kier alpha value is -3.36. The van der Waals surface area contributed by atoms with Gasteiger partial charge in [0.1, 0.15) is 11.6 Å². The lowest BCUT2D eigenvalue weighted by molar-refractivity contribution is -0.166. The van der Waals surface area contributed by atoms with Gasteiger partial charge in [-0.3, -0.25) is 4.79 Å². The molecule has 0 saturated carbocycles. The Kier molecular flexibility index (Phi) is 7.82. The summed E-state index contributed by atoms with van der Waals surface area (Å²) in [5.41, 5.74) is 2.80. The first kappa shape index (κ1) is 23.8. The Balaban J connectivity index is 1.56. The SMILES string of the molecule is CCO[C@@H]1OC(C(=O)NCc2nc3ccccc3[nH]2)=C[C@H](c2ccc(OC)cc2)[C@H]1CCCO. The van der Waals surface area contributed by atoms with E-state index in [0.29, 0.717) is 25.3 Å². The molecular weight excluding hydrogens is 434 g/mol. The van der Waals surface area contributed by atoms with Crippen molar-refractivity contribution in [2.24, 2.45) is 5.92 Å². The number of allylic oxidation sites excluding steroid dienone is 1. The highest BCUT2D eigenvalue weighted by Crippen LogP contribution is 2.39. The third-order valence-electron chi connectivity index (χ3n) is 5.99. The minimum Gasteiger partial charge on any atom is -0.497 e. The first-order valence-corrected chi connectivity index (χ1v) is 11.6. The van der Waals surface area contributed by atoms with Gasteiger partial charge in [-0.25, -0.2) is 4.98 Å². The molecule has 0 aliphatic carbocycles. The lowest BCUT2D eigenvalue weighted by Gasteiger charge is -2.37. The van der Waals surface area contributed by atoms with Crippen molar-refractivity contribution in [3.8, 4) is 5.75 Å². The zero-order valence-electron chi connectivity index (χ0n) is 19.5. The van der Waals surface area contributed by atoms with Gasteiger partial charge < -0.3 is 29.6 Å². The molecule has 0 unspecified atom stereocenters. The van der Waals surface area contributed by atoms with Gasteiger partial charge >= 0.3 is 0 Å². The molecule has 1 aromatic heterocycles. The van der Waals surface area contributed by atoms with E-state index in [0.717, 1.165) is 22.3 Å². The summed E-state index contributed by atoms with van der Waals surface area (Å²) in [7, 11) is 1.63. The predicted molar refractivity (Wildman–Crippen MR) is 128 cm³/mol. The van der Waals surface area contributed by atoms with Crippen molar-refractivity contribution < 1.29 is 24.1 Å². The number of imidazole rings is 1. The molecular formula is C26H31N3O5. The lowest BCUT2D eigenvalue weighted by Crippen LogP contribution is -2.39. The molecule has 0 saturated heterocycles. The number of para-hydroxylation sites is 2. The summed E-state index contributed by atoms with van der Waals surface area (Å²) in [6.07, 6.45) is 2.57. The number of hydrogen-bond donors (Lipinski definition) is 3. The minimum atomic E-state index is -0.597. The molecule has 34 heavy (non-hydrogen) atoms. The Morgan fingerprint density at radius 2 is 2.00 bits per heavy atom. The molecule has 4 rings (SSSR count). The zero-order valence-corrected chi connectivity index (χ0v) is 19.5. The van der Waals surface area contributed by atoms with Crippen LogP contribution in [0.3, 0.4) is 0 Å². The first-order chi connectivity index (χ1) is 16.6. The number of fused-ring (bicyclic) bond motifs is 1. The second kappa shape index (κ2) is 11.2. The average Bonchev–Trinajstić information content (AvgIpc) is 3.29. The molecule has 0 fully saturated rings. The van der Waals surface area contributed by atoms with Crippen LogP contribution in [-0.2, 0) is 20.8 Å². The Labute approximate surface area is 198 Å². The molecule has 8 heteroatoms. The number of benzene rings is 2. The van der Waals surface area contributed by atoms with Gasteiger partial charge in [0, 0.05) is 25.0 Å². The summed E-state index contributed by atoms with van der Waals surface area (Å²) in [5.74, 6) is 1.15. The lowest BCUT2D eigenvalue weighted by atomic mass is 9.80. The maximum Gasteiger partial charge on any atom is 0.286 e. The third-order valence-corrected chi connectivity index (χ3v) is 5.99. The van der Waals surface area contributed by atoms with Crippen LogP contribution in [0.5, 0.6) is 5.75 Å². The second-order valence-electron chi connectivity index (χ2n) is 8.18. The van der Waals surface area contributed by atoms with Crippen LogP contribution in [0.15, 0.2) is 60.4 Å². The van der Waals surface area contributed by atoms with E-state index in [1.165, 1.54) is 0 Å². The standard InChI is InChI=1S/C26H31N3O5/c1-3-33-26-19(7-6-14-30)20(17-10-12-18(32-2)13-11-17)15-23(34-26)25(31)27-16-24-28-21-8-4-5-9-22(21)29-24/h4-5,8-13,15,19-20,26,30H,3,6-7,14,16H2,1-2H3,(H,27,31)(H,28,29)/t19-,20-,26-/m1/s1. The van der Waals surface area contributed by atoms with Gasteiger partial charge in [-0.05, 0) is 55.7 Å². The zero-order chi connectivity index (χ0) is 23.9. The molecule has 0 bridgehead atoms. The van der Waals surface area contributed by atoms with Crippen molar-refractivity contribution in [1.82, 2.24) is 15.3 Å². The number of aromatic amines is 1. The second-order valence-corrected chi connectivity index (χ2v) is 8.18. The fraction of sp³-hybridized carbons (Fsp3) is 0.385. The first-order valence-electron chi connectivity index (χ1n) is 11.6. The quantitative estimate of drug-likeness (QED) is 0.422. The Morgan fingerprint density at radius 3 is 2.71 bits per heavy atom. The summed E-state index contributed by atoms with van der Waals surface area (Å²) in [5, 5.41) is 12.3. The van der Waals surface area contributed by atoms with Gasteiger partial charge in [0.25, 0.3) is 5.91 Å². The number of carbonyl (C=O) groups excluding carboxylic acids is 1. The van der Waals surface area contributed by atoms with Crippen LogP contribution in [0.2, 0.25) is 0 Å². The van der Waals surface area contributed by atoms with Crippen molar-refractivity contribution in [2.75, 3.05) is 20.3 Å². The predicted octanol–water partition coefficient (Wildman–Crippen LogP) is 3.64. The van der Waals surface area contributed by atoms with Crippen LogP contribution in [0.4, 0.5) is 0 Å². The van der Waals surface area contributed by atoms with E-state index in [-0.39, 0.29) is 36.7 Å². The van der Waals surface area contributed by atoms with Crippen LogP contribution >= 0.6 is 0 Å². The smallest absolute Gasteiger partial charge is 0.286 e. The number of aliphatic hydroxyl groups excluding tert-OH is 1. The molecule has 2 heterocycles. The number of ether oxygens (including phenoxy) is 3. The summed E-state index contributed by atoms with van der Waals surface area (Å²) in [6, 6.07) is 15.5. The number of carbonyl (C=O) groups is 1. The fourth-order valence-electron chi connectivity index (χ4n) is 4.31.